The molecular weight excluding hydrogens is 358 g/mol. The molecule has 2 atom stereocenters. The fourth-order valence-electron chi connectivity index (χ4n) is 3.48. The normalized spacial score (nSPS) is 19.8. The molecule has 7 heteroatoms. The van der Waals surface area contributed by atoms with Crippen LogP contribution in [0.2, 0.25) is 0 Å². The van der Waals surface area contributed by atoms with E-state index in [9.17, 15) is 19.5 Å². The van der Waals surface area contributed by atoms with Crippen molar-refractivity contribution in [2.45, 2.75) is 45.3 Å². The van der Waals surface area contributed by atoms with Crippen molar-refractivity contribution >= 4 is 22.6 Å². The number of likely N-dealkylation sites (tertiary alicyclic amines) is 1. The lowest BCUT2D eigenvalue weighted by Gasteiger charge is -2.36. The smallest absolute Gasteiger partial charge is 0.268 e. The zero-order chi connectivity index (χ0) is 20.3. The summed E-state index contributed by atoms with van der Waals surface area (Å²) in [5, 5.41) is 14.4. The molecule has 2 aromatic rings. The Kier molecular flexibility index (Phi) is 6.14. The van der Waals surface area contributed by atoms with Gasteiger partial charge in [0.25, 0.3) is 11.5 Å². The van der Waals surface area contributed by atoms with Crippen LogP contribution in [0.3, 0.4) is 0 Å². The van der Waals surface area contributed by atoms with Gasteiger partial charge in [0.2, 0.25) is 5.91 Å². The van der Waals surface area contributed by atoms with Crippen LogP contribution in [0.4, 0.5) is 0 Å². The van der Waals surface area contributed by atoms with Crippen LogP contribution in [0.5, 0.6) is 0 Å². The standard InChI is InChI=1S/C21H27N3O4/c1-13(2)7-8-19(26)24-10-9-16(18(25)12-24)22-21(28)17-11-14-5-3-4-6-15(14)20(27)23-17/h3-6,11,13,16,18,25H,7-10,12H2,1-2H3,(H,22,28)(H,23,27)/t16-,18-/m1/s1. The van der Waals surface area contributed by atoms with Crippen molar-refractivity contribution in [3.8, 4) is 0 Å². The number of carbonyl (C=O) groups is 2. The number of hydrogen-bond acceptors (Lipinski definition) is 4. The highest BCUT2D eigenvalue weighted by molar-refractivity contribution is 5.96. The van der Waals surface area contributed by atoms with Gasteiger partial charge in [-0.25, -0.2) is 0 Å². The molecule has 1 aromatic carbocycles. The number of rotatable bonds is 5. The highest BCUT2D eigenvalue weighted by Crippen LogP contribution is 2.16. The lowest BCUT2D eigenvalue weighted by molar-refractivity contribution is -0.135. The van der Waals surface area contributed by atoms with Gasteiger partial charge in [-0.2, -0.15) is 0 Å². The van der Waals surface area contributed by atoms with Gasteiger partial charge in [0.15, 0.2) is 0 Å². The molecule has 0 aliphatic carbocycles. The molecule has 7 nitrogen and oxygen atoms in total. The monoisotopic (exact) mass is 385 g/mol. The summed E-state index contributed by atoms with van der Waals surface area (Å²) < 4.78 is 0. The Morgan fingerprint density at radius 2 is 2.07 bits per heavy atom. The quantitative estimate of drug-likeness (QED) is 0.728. The number of carbonyl (C=O) groups excluding carboxylic acids is 2. The van der Waals surface area contributed by atoms with E-state index in [-0.39, 0.29) is 23.7 Å². The Hall–Kier alpha value is -2.67. The maximum Gasteiger partial charge on any atom is 0.268 e. The molecular formula is C21H27N3O4. The largest absolute Gasteiger partial charge is 0.389 e. The number of aromatic nitrogens is 1. The second kappa shape index (κ2) is 8.56. The van der Waals surface area contributed by atoms with Gasteiger partial charge in [0, 0.05) is 24.9 Å². The van der Waals surface area contributed by atoms with Crippen molar-refractivity contribution in [3.05, 3.63) is 46.4 Å². The van der Waals surface area contributed by atoms with E-state index in [2.05, 4.69) is 24.1 Å². The summed E-state index contributed by atoms with van der Waals surface area (Å²) >= 11 is 0. The van der Waals surface area contributed by atoms with Gasteiger partial charge in [0.05, 0.1) is 12.1 Å². The molecule has 28 heavy (non-hydrogen) atoms. The first-order valence-electron chi connectivity index (χ1n) is 9.74. The van der Waals surface area contributed by atoms with Crippen LogP contribution in [-0.2, 0) is 4.79 Å². The molecule has 0 unspecified atom stereocenters. The van der Waals surface area contributed by atoms with Crippen LogP contribution in [0.15, 0.2) is 35.1 Å². The van der Waals surface area contributed by atoms with E-state index in [1.54, 1.807) is 35.2 Å². The van der Waals surface area contributed by atoms with Crippen molar-refractivity contribution in [2.75, 3.05) is 13.1 Å². The van der Waals surface area contributed by atoms with Gasteiger partial charge in [-0.1, -0.05) is 32.0 Å². The van der Waals surface area contributed by atoms with Gasteiger partial charge in [0.1, 0.15) is 5.69 Å². The predicted octanol–water partition coefficient (Wildman–Crippen LogP) is 1.66. The summed E-state index contributed by atoms with van der Waals surface area (Å²) in [5.41, 5.74) is -0.166. The highest BCUT2D eigenvalue weighted by Gasteiger charge is 2.31. The highest BCUT2D eigenvalue weighted by atomic mass is 16.3. The summed E-state index contributed by atoms with van der Waals surface area (Å²) in [6.07, 6.45) is 0.923. The third-order valence-corrected chi connectivity index (χ3v) is 5.18. The third kappa shape index (κ3) is 4.59. The number of β-amino-alcohol motifs (C(OH)–C–C–N with tert-alkyl or cyclic N) is 1. The summed E-state index contributed by atoms with van der Waals surface area (Å²) in [5.74, 6) is 0.0534. The number of aliphatic hydroxyl groups is 1. The molecule has 1 saturated heterocycles. The van der Waals surface area contributed by atoms with Gasteiger partial charge >= 0.3 is 0 Å². The molecule has 0 spiro atoms. The number of fused-ring (bicyclic) bond motifs is 1. The summed E-state index contributed by atoms with van der Waals surface area (Å²) in [7, 11) is 0. The number of H-pyrrole nitrogens is 1. The molecule has 0 saturated carbocycles. The van der Waals surface area contributed by atoms with Crippen molar-refractivity contribution < 1.29 is 14.7 Å². The first-order chi connectivity index (χ1) is 13.3. The SMILES string of the molecule is CC(C)CCC(=O)N1CC[C@@H](NC(=O)c2cc3ccccc3c(=O)[nH]2)[C@H](O)C1. The van der Waals surface area contributed by atoms with Crippen molar-refractivity contribution in [1.82, 2.24) is 15.2 Å². The van der Waals surface area contributed by atoms with E-state index in [0.29, 0.717) is 36.1 Å². The fourth-order valence-corrected chi connectivity index (χ4v) is 3.48. The van der Waals surface area contributed by atoms with E-state index < -0.39 is 18.1 Å². The lowest BCUT2D eigenvalue weighted by Crippen LogP contribution is -2.55. The number of hydrogen-bond donors (Lipinski definition) is 3. The van der Waals surface area contributed by atoms with Gasteiger partial charge in [-0.15, -0.1) is 0 Å². The molecule has 0 bridgehead atoms. The second-order valence-electron chi connectivity index (χ2n) is 7.81. The van der Waals surface area contributed by atoms with Gasteiger partial charge in [-0.3, -0.25) is 14.4 Å². The summed E-state index contributed by atoms with van der Waals surface area (Å²) in [6, 6.07) is 8.21. The minimum absolute atomic E-state index is 0.0383. The van der Waals surface area contributed by atoms with Crippen LogP contribution in [0, 0.1) is 5.92 Å². The van der Waals surface area contributed by atoms with Crippen LogP contribution in [0.1, 0.15) is 43.6 Å². The topological polar surface area (TPSA) is 103 Å². The Morgan fingerprint density at radius 3 is 2.79 bits per heavy atom. The minimum atomic E-state index is -0.840. The molecule has 1 aromatic heterocycles. The molecule has 150 valence electrons. The number of nitrogens with one attached hydrogen (secondary N) is 2. The van der Waals surface area contributed by atoms with Crippen molar-refractivity contribution in [2.24, 2.45) is 5.92 Å². The maximum atomic E-state index is 12.6. The molecule has 1 aliphatic rings. The number of aromatic amines is 1. The maximum absolute atomic E-state index is 12.6. The number of benzene rings is 1. The van der Waals surface area contributed by atoms with Crippen LogP contribution < -0.4 is 10.9 Å². The average molecular weight is 385 g/mol. The summed E-state index contributed by atoms with van der Waals surface area (Å²) in [6.45, 7) is 4.84. The number of amides is 2. The number of pyridine rings is 1. The zero-order valence-corrected chi connectivity index (χ0v) is 16.3. The molecule has 3 rings (SSSR count). The fraction of sp³-hybridized carbons (Fsp3) is 0.476. The first kappa shape index (κ1) is 20.1. The molecule has 1 fully saturated rings. The Morgan fingerprint density at radius 1 is 1.32 bits per heavy atom. The third-order valence-electron chi connectivity index (χ3n) is 5.18. The summed E-state index contributed by atoms with van der Waals surface area (Å²) in [4.78, 5) is 41.2. The zero-order valence-electron chi connectivity index (χ0n) is 16.3. The van der Waals surface area contributed by atoms with Gasteiger partial charge in [-0.05, 0) is 36.3 Å². The van der Waals surface area contributed by atoms with Crippen molar-refractivity contribution in [3.63, 3.8) is 0 Å². The van der Waals surface area contributed by atoms with Crippen molar-refractivity contribution in [1.29, 1.82) is 0 Å². The van der Waals surface area contributed by atoms with Crippen LogP contribution in [0.25, 0.3) is 10.8 Å². The molecule has 2 heterocycles. The lowest BCUT2D eigenvalue weighted by atomic mass is 10.00. The Balaban J connectivity index is 1.62. The Labute approximate surface area is 163 Å². The average Bonchev–Trinajstić information content (AvgIpc) is 2.67. The molecule has 3 N–H and O–H groups in total. The van der Waals surface area contributed by atoms with Gasteiger partial charge < -0.3 is 20.3 Å². The predicted molar refractivity (Wildman–Crippen MR) is 107 cm³/mol. The molecule has 2 amide bonds. The van der Waals surface area contributed by atoms with E-state index >= 15 is 0 Å². The van der Waals surface area contributed by atoms with Crippen LogP contribution in [-0.4, -0.2) is 52.0 Å². The number of aliphatic hydroxyl groups excluding tert-OH is 1. The number of piperidine rings is 1. The molecule has 1 aliphatic heterocycles. The van der Waals surface area contributed by atoms with Crippen LogP contribution >= 0.6 is 0 Å². The minimum Gasteiger partial charge on any atom is -0.389 e. The Bertz CT molecular complexity index is 921. The second-order valence-corrected chi connectivity index (χ2v) is 7.81. The number of nitrogens with zero attached hydrogens (tertiary/aromatic N) is 1. The van der Waals surface area contributed by atoms with E-state index in [1.165, 1.54) is 0 Å². The molecule has 0 radical (unpaired) electrons. The van der Waals surface area contributed by atoms with E-state index in [4.69, 9.17) is 0 Å². The first-order valence-corrected chi connectivity index (χ1v) is 9.74. The van der Waals surface area contributed by atoms with E-state index in [1.807, 2.05) is 0 Å². The van der Waals surface area contributed by atoms with E-state index in [0.717, 1.165) is 6.42 Å².